The van der Waals surface area contributed by atoms with Crippen molar-refractivity contribution in [1.29, 1.82) is 0 Å². The number of nitrogens with zero attached hydrogens (tertiary/aromatic N) is 1. The van der Waals surface area contributed by atoms with Crippen molar-refractivity contribution in [1.82, 2.24) is 4.31 Å². The van der Waals surface area contributed by atoms with Crippen molar-refractivity contribution in [2.45, 2.75) is 38.1 Å². The normalized spacial score (nSPS) is 20.4. The van der Waals surface area contributed by atoms with Gasteiger partial charge in [0.1, 0.15) is 0 Å². The lowest BCUT2D eigenvalue weighted by Crippen LogP contribution is -2.38. The van der Waals surface area contributed by atoms with E-state index in [1.54, 1.807) is 0 Å². The van der Waals surface area contributed by atoms with Gasteiger partial charge in [0.2, 0.25) is 10.0 Å². The van der Waals surface area contributed by atoms with Crippen molar-refractivity contribution < 1.29 is 27.9 Å². The largest absolute Gasteiger partial charge is 0.481 e. The third kappa shape index (κ3) is 4.79. The molecule has 1 aliphatic heterocycles. The van der Waals surface area contributed by atoms with Crippen LogP contribution in [0, 0.1) is 0 Å². The first-order valence-electron chi connectivity index (χ1n) is 6.15. The van der Waals surface area contributed by atoms with E-state index >= 15 is 0 Å². The molecule has 0 saturated carbocycles. The highest BCUT2D eigenvalue weighted by molar-refractivity contribution is 7.89. The molecule has 0 bridgehead atoms. The fourth-order valence-corrected chi connectivity index (χ4v) is 3.98. The third-order valence-corrected chi connectivity index (χ3v) is 5.10. The summed E-state index contributed by atoms with van der Waals surface area (Å²) in [5.41, 5.74) is 0. The molecular formula is C11H19NO6S. The van der Waals surface area contributed by atoms with Crippen LogP contribution in [0.25, 0.3) is 0 Å². The first-order chi connectivity index (χ1) is 8.86. The van der Waals surface area contributed by atoms with E-state index in [1.165, 1.54) is 11.4 Å². The van der Waals surface area contributed by atoms with Gasteiger partial charge < -0.3 is 9.84 Å². The van der Waals surface area contributed by atoms with Gasteiger partial charge in [-0.25, -0.2) is 8.42 Å². The Morgan fingerprint density at radius 1 is 1.42 bits per heavy atom. The minimum absolute atomic E-state index is 0.0488. The second kappa shape index (κ2) is 6.85. The van der Waals surface area contributed by atoms with E-state index in [1.807, 2.05) is 0 Å². The van der Waals surface area contributed by atoms with Gasteiger partial charge in [0.15, 0.2) is 0 Å². The molecule has 1 unspecified atom stereocenters. The van der Waals surface area contributed by atoms with E-state index < -0.39 is 28.0 Å². The molecule has 0 aliphatic carbocycles. The number of carbonyl (C=O) groups is 2. The maximum absolute atomic E-state index is 12.1. The monoisotopic (exact) mass is 293 g/mol. The van der Waals surface area contributed by atoms with E-state index in [0.29, 0.717) is 19.4 Å². The number of carbonyl (C=O) groups excluding carboxylic acids is 1. The van der Waals surface area contributed by atoms with Crippen molar-refractivity contribution in [3.8, 4) is 0 Å². The fourth-order valence-electron chi connectivity index (χ4n) is 2.20. The zero-order valence-electron chi connectivity index (χ0n) is 10.9. The number of carboxylic acid groups (broad SMARTS) is 1. The van der Waals surface area contributed by atoms with E-state index in [-0.39, 0.29) is 25.0 Å². The Morgan fingerprint density at radius 3 is 2.68 bits per heavy atom. The Kier molecular flexibility index (Phi) is 5.74. The summed E-state index contributed by atoms with van der Waals surface area (Å²) >= 11 is 0. The number of methoxy groups -OCH3 is 1. The maximum Gasteiger partial charge on any atom is 0.305 e. The summed E-state index contributed by atoms with van der Waals surface area (Å²) in [6.45, 7) is 0.360. The average Bonchev–Trinajstić information content (AvgIpc) is 2.76. The van der Waals surface area contributed by atoms with Crippen LogP contribution in [0.15, 0.2) is 0 Å². The molecule has 0 spiro atoms. The predicted octanol–water partition coefficient (Wildman–Crippen LogP) is 0.209. The van der Waals surface area contributed by atoms with Gasteiger partial charge in [0.25, 0.3) is 0 Å². The minimum atomic E-state index is -3.50. The summed E-state index contributed by atoms with van der Waals surface area (Å²) in [5, 5.41) is 8.76. The number of rotatable bonds is 7. The summed E-state index contributed by atoms with van der Waals surface area (Å²) in [4.78, 5) is 21.6. The second-order valence-corrected chi connectivity index (χ2v) is 6.54. The van der Waals surface area contributed by atoms with Crippen LogP contribution in [0.3, 0.4) is 0 Å². The van der Waals surface area contributed by atoms with E-state index in [9.17, 15) is 18.0 Å². The van der Waals surface area contributed by atoms with Crippen LogP contribution in [0.5, 0.6) is 0 Å². The van der Waals surface area contributed by atoms with Gasteiger partial charge in [-0.1, -0.05) is 0 Å². The first-order valence-corrected chi connectivity index (χ1v) is 7.76. The molecule has 8 heteroatoms. The Morgan fingerprint density at radius 2 is 2.11 bits per heavy atom. The highest BCUT2D eigenvalue weighted by Gasteiger charge is 2.34. The van der Waals surface area contributed by atoms with Gasteiger partial charge in [-0.3, -0.25) is 9.59 Å². The molecule has 1 aliphatic rings. The Bertz CT molecular complexity index is 432. The third-order valence-electron chi connectivity index (χ3n) is 3.10. The molecule has 1 fully saturated rings. The van der Waals surface area contributed by atoms with Gasteiger partial charge in [-0.05, 0) is 19.3 Å². The molecule has 1 N–H and O–H groups in total. The van der Waals surface area contributed by atoms with Gasteiger partial charge in [0, 0.05) is 19.0 Å². The predicted molar refractivity (Wildman–Crippen MR) is 67.0 cm³/mol. The number of sulfonamides is 1. The molecular weight excluding hydrogens is 274 g/mol. The van der Waals surface area contributed by atoms with E-state index in [2.05, 4.69) is 4.74 Å². The molecule has 110 valence electrons. The molecule has 1 rings (SSSR count). The molecule has 1 saturated heterocycles. The van der Waals surface area contributed by atoms with Crippen LogP contribution in [0.1, 0.15) is 32.1 Å². The van der Waals surface area contributed by atoms with Crippen molar-refractivity contribution in [2.24, 2.45) is 0 Å². The van der Waals surface area contributed by atoms with Crippen molar-refractivity contribution >= 4 is 22.0 Å². The average molecular weight is 293 g/mol. The van der Waals surface area contributed by atoms with Crippen LogP contribution < -0.4 is 0 Å². The number of esters is 1. The summed E-state index contributed by atoms with van der Waals surface area (Å²) in [5.74, 6) is -1.60. The molecule has 19 heavy (non-hydrogen) atoms. The van der Waals surface area contributed by atoms with Crippen molar-refractivity contribution in [3.05, 3.63) is 0 Å². The first kappa shape index (κ1) is 15.9. The van der Waals surface area contributed by atoms with E-state index in [0.717, 1.165) is 0 Å². The molecule has 7 nitrogen and oxygen atoms in total. The van der Waals surface area contributed by atoms with Crippen LogP contribution in [-0.2, 0) is 24.3 Å². The summed E-state index contributed by atoms with van der Waals surface area (Å²) < 4.78 is 29.9. The lowest BCUT2D eigenvalue weighted by Gasteiger charge is -2.22. The van der Waals surface area contributed by atoms with E-state index in [4.69, 9.17) is 5.11 Å². The Hall–Kier alpha value is -1.15. The highest BCUT2D eigenvalue weighted by Crippen LogP contribution is 2.24. The zero-order chi connectivity index (χ0) is 14.5. The topological polar surface area (TPSA) is 101 Å². The number of hydrogen-bond acceptors (Lipinski definition) is 5. The molecule has 0 radical (unpaired) electrons. The zero-order valence-corrected chi connectivity index (χ0v) is 11.7. The second-order valence-electron chi connectivity index (χ2n) is 4.50. The maximum atomic E-state index is 12.1. The minimum Gasteiger partial charge on any atom is -0.481 e. The quantitative estimate of drug-likeness (QED) is 0.673. The lowest BCUT2D eigenvalue weighted by atomic mass is 10.2. The Balaban J connectivity index is 2.55. The van der Waals surface area contributed by atoms with Gasteiger partial charge in [-0.15, -0.1) is 0 Å². The fraction of sp³-hybridized carbons (Fsp3) is 0.818. The summed E-state index contributed by atoms with van der Waals surface area (Å²) in [6.07, 6.45) is 1.31. The molecule has 1 atom stereocenters. The number of hydrogen-bond donors (Lipinski definition) is 1. The standard InChI is InChI=1S/C11H19NO6S/c1-18-11(15)5-3-7-19(16,17)12-6-2-4-9(12)8-10(13)14/h9H,2-8H2,1H3,(H,13,14). The lowest BCUT2D eigenvalue weighted by molar-refractivity contribution is -0.140. The summed E-state index contributed by atoms with van der Waals surface area (Å²) in [6, 6.07) is -0.458. The van der Waals surface area contributed by atoms with Crippen molar-refractivity contribution in [3.63, 3.8) is 0 Å². The Labute approximate surface area is 112 Å². The molecule has 1 heterocycles. The van der Waals surface area contributed by atoms with Crippen LogP contribution in [0.2, 0.25) is 0 Å². The number of ether oxygens (including phenoxy) is 1. The number of carboxylic acids is 1. The smallest absolute Gasteiger partial charge is 0.305 e. The van der Waals surface area contributed by atoms with Crippen LogP contribution in [0.4, 0.5) is 0 Å². The number of aliphatic carboxylic acids is 1. The summed E-state index contributed by atoms with van der Waals surface area (Å²) in [7, 11) is -2.25. The molecule has 0 amide bonds. The van der Waals surface area contributed by atoms with Crippen molar-refractivity contribution in [2.75, 3.05) is 19.4 Å². The molecule has 0 aromatic carbocycles. The SMILES string of the molecule is COC(=O)CCCS(=O)(=O)N1CCCC1CC(=O)O. The van der Waals surface area contributed by atoms with Gasteiger partial charge in [-0.2, -0.15) is 4.31 Å². The van der Waals surface area contributed by atoms with Crippen LogP contribution in [-0.4, -0.2) is 55.2 Å². The van der Waals surface area contributed by atoms with Crippen LogP contribution >= 0.6 is 0 Å². The highest BCUT2D eigenvalue weighted by atomic mass is 32.2. The molecule has 0 aromatic heterocycles. The molecule has 0 aromatic rings. The van der Waals surface area contributed by atoms with Gasteiger partial charge >= 0.3 is 11.9 Å². The van der Waals surface area contributed by atoms with Gasteiger partial charge in [0.05, 0.1) is 19.3 Å².